The maximum atomic E-state index is 11.1. The summed E-state index contributed by atoms with van der Waals surface area (Å²) in [5.41, 5.74) is 0. The Kier molecular flexibility index (Phi) is 2.46. The van der Waals surface area contributed by atoms with Crippen LogP contribution in [0.25, 0.3) is 0 Å². The molecular formula is C7H7ClOS. The highest BCUT2D eigenvalue weighted by Gasteiger charge is 2.11. The van der Waals surface area contributed by atoms with Gasteiger partial charge in [-0.05, 0) is 18.4 Å². The summed E-state index contributed by atoms with van der Waals surface area (Å²) < 4.78 is 0. The van der Waals surface area contributed by atoms with E-state index in [1.54, 1.807) is 13.0 Å². The van der Waals surface area contributed by atoms with Gasteiger partial charge in [-0.15, -0.1) is 22.9 Å². The lowest BCUT2D eigenvalue weighted by atomic mass is 10.2. The largest absolute Gasteiger partial charge is 0.292 e. The highest BCUT2D eigenvalue weighted by molar-refractivity contribution is 7.12. The van der Waals surface area contributed by atoms with Gasteiger partial charge in [0.1, 0.15) is 0 Å². The average Bonchev–Trinajstić information content (AvgIpc) is 2.36. The first-order chi connectivity index (χ1) is 4.72. The Bertz CT molecular complexity index is 216. The van der Waals surface area contributed by atoms with Crippen molar-refractivity contribution in [3.05, 3.63) is 22.4 Å². The quantitative estimate of drug-likeness (QED) is 0.498. The third kappa shape index (κ3) is 1.58. The summed E-state index contributed by atoms with van der Waals surface area (Å²) in [6, 6.07) is 3.63. The predicted octanol–water partition coefficient (Wildman–Crippen LogP) is 2.56. The van der Waals surface area contributed by atoms with Crippen molar-refractivity contribution in [2.45, 2.75) is 12.3 Å². The van der Waals surface area contributed by atoms with E-state index in [9.17, 15) is 4.79 Å². The summed E-state index contributed by atoms with van der Waals surface area (Å²) in [5.74, 6) is 0.0108. The van der Waals surface area contributed by atoms with Crippen LogP contribution < -0.4 is 0 Å². The molecule has 3 heteroatoms. The summed E-state index contributed by atoms with van der Waals surface area (Å²) >= 11 is 7.00. The van der Waals surface area contributed by atoms with Crippen LogP contribution in [-0.2, 0) is 0 Å². The number of Topliss-reactive ketones (excluding diaryl/α,β-unsaturated/α-hetero) is 1. The lowest BCUT2D eigenvalue weighted by Crippen LogP contribution is -2.07. The SMILES string of the molecule is C[C@@H](Cl)C(=O)c1cccs1. The second-order valence-corrected chi connectivity index (χ2v) is 3.56. The minimum Gasteiger partial charge on any atom is -0.292 e. The van der Waals surface area contributed by atoms with Crippen LogP contribution in [0.4, 0.5) is 0 Å². The van der Waals surface area contributed by atoms with Gasteiger partial charge in [0, 0.05) is 0 Å². The molecule has 0 amide bonds. The second kappa shape index (κ2) is 3.17. The number of ketones is 1. The molecule has 0 spiro atoms. The molecule has 10 heavy (non-hydrogen) atoms. The Labute approximate surface area is 68.6 Å². The van der Waals surface area contributed by atoms with E-state index in [1.807, 2.05) is 11.4 Å². The molecule has 0 unspecified atom stereocenters. The number of alkyl halides is 1. The van der Waals surface area contributed by atoms with Gasteiger partial charge in [-0.1, -0.05) is 6.07 Å². The van der Waals surface area contributed by atoms with Gasteiger partial charge in [-0.25, -0.2) is 0 Å². The van der Waals surface area contributed by atoms with Crippen molar-refractivity contribution in [2.75, 3.05) is 0 Å². The first kappa shape index (κ1) is 7.76. The number of carbonyl (C=O) groups is 1. The summed E-state index contributed by atoms with van der Waals surface area (Å²) in [6.07, 6.45) is 0. The Balaban J connectivity index is 2.78. The topological polar surface area (TPSA) is 17.1 Å². The standard InChI is InChI=1S/C7H7ClOS/c1-5(8)7(9)6-3-2-4-10-6/h2-5H,1H3/t5-/m1/s1. The van der Waals surface area contributed by atoms with Crippen LogP contribution in [0.2, 0.25) is 0 Å². The van der Waals surface area contributed by atoms with Gasteiger partial charge in [0.15, 0.2) is 5.78 Å². The zero-order valence-corrected chi connectivity index (χ0v) is 7.08. The van der Waals surface area contributed by atoms with E-state index in [-0.39, 0.29) is 5.78 Å². The molecule has 0 aliphatic heterocycles. The molecule has 0 saturated heterocycles. The molecule has 0 aliphatic rings. The summed E-state index contributed by atoms with van der Waals surface area (Å²) in [6.45, 7) is 1.68. The van der Waals surface area contributed by atoms with Crippen LogP contribution in [0.5, 0.6) is 0 Å². The molecule has 1 heterocycles. The van der Waals surface area contributed by atoms with Crippen molar-refractivity contribution >= 4 is 28.7 Å². The number of thiophene rings is 1. The van der Waals surface area contributed by atoms with Crippen LogP contribution in [-0.4, -0.2) is 11.2 Å². The van der Waals surface area contributed by atoms with Gasteiger partial charge in [0.05, 0.1) is 10.3 Å². The maximum Gasteiger partial charge on any atom is 0.190 e. The van der Waals surface area contributed by atoms with Crippen molar-refractivity contribution in [3.8, 4) is 0 Å². The van der Waals surface area contributed by atoms with Gasteiger partial charge in [0.2, 0.25) is 0 Å². The van der Waals surface area contributed by atoms with Crippen molar-refractivity contribution in [2.24, 2.45) is 0 Å². The molecule has 0 radical (unpaired) electrons. The van der Waals surface area contributed by atoms with E-state index in [1.165, 1.54) is 11.3 Å². The van der Waals surface area contributed by atoms with Crippen LogP contribution >= 0.6 is 22.9 Å². The van der Waals surface area contributed by atoms with Gasteiger partial charge in [-0.2, -0.15) is 0 Å². The molecule has 0 bridgehead atoms. The van der Waals surface area contributed by atoms with E-state index < -0.39 is 5.38 Å². The van der Waals surface area contributed by atoms with E-state index in [2.05, 4.69) is 0 Å². The smallest absolute Gasteiger partial charge is 0.190 e. The minimum atomic E-state index is -0.404. The average molecular weight is 175 g/mol. The molecule has 1 aromatic heterocycles. The van der Waals surface area contributed by atoms with E-state index >= 15 is 0 Å². The Hall–Kier alpha value is -0.340. The maximum absolute atomic E-state index is 11.1. The Morgan fingerprint density at radius 1 is 1.80 bits per heavy atom. The van der Waals surface area contributed by atoms with Gasteiger partial charge >= 0.3 is 0 Å². The van der Waals surface area contributed by atoms with Crippen molar-refractivity contribution in [1.82, 2.24) is 0 Å². The highest BCUT2D eigenvalue weighted by atomic mass is 35.5. The predicted molar refractivity (Wildman–Crippen MR) is 44.0 cm³/mol. The number of hydrogen-bond acceptors (Lipinski definition) is 2. The van der Waals surface area contributed by atoms with Crippen molar-refractivity contribution in [1.29, 1.82) is 0 Å². The monoisotopic (exact) mass is 174 g/mol. The molecule has 0 N–H and O–H groups in total. The fourth-order valence-electron chi connectivity index (χ4n) is 0.615. The Morgan fingerprint density at radius 3 is 2.90 bits per heavy atom. The van der Waals surface area contributed by atoms with Gasteiger partial charge in [-0.3, -0.25) is 4.79 Å². The first-order valence-electron chi connectivity index (χ1n) is 2.93. The molecule has 0 aromatic carbocycles. The lowest BCUT2D eigenvalue weighted by Gasteiger charge is -1.95. The third-order valence-electron chi connectivity index (χ3n) is 1.13. The van der Waals surface area contributed by atoms with E-state index in [0.29, 0.717) is 0 Å². The molecule has 0 saturated carbocycles. The lowest BCUT2D eigenvalue weighted by molar-refractivity contribution is 0.0995. The molecule has 1 nitrogen and oxygen atoms in total. The third-order valence-corrected chi connectivity index (χ3v) is 2.21. The van der Waals surface area contributed by atoms with Gasteiger partial charge in [0.25, 0.3) is 0 Å². The van der Waals surface area contributed by atoms with E-state index in [0.717, 1.165) is 4.88 Å². The van der Waals surface area contributed by atoms with Crippen LogP contribution in [0.3, 0.4) is 0 Å². The van der Waals surface area contributed by atoms with Crippen molar-refractivity contribution < 1.29 is 4.79 Å². The van der Waals surface area contributed by atoms with Crippen LogP contribution in [0.15, 0.2) is 17.5 Å². The van der Waals surface area contributed by atoms with Crippen molar-refractivity contribution in [3.63, 3.8) is 0 Å². The fraction of sp³-hybridized carbons (Fsp3) is 0.286. The molecule has 1 atom stereocenters. The zero-order chi connectivity index (χ0) is 7.56. The second-order valence-electron chi connectivity index (χ2n) is 1.96. The molecule has 0 aliphatic carbocycles. The minimum absolute atomic E-state index is 0.0108. The number of halogens is 1. The summed E-state index contributed by atoms with van der Waals surface area (Å²) in [7, 11) is 0. The molecule has 1 rings (SSSR count). The molecule has 1 aromatic rings. The Morgan fingerprint density at radius 2 is 2.50 bits per heavy atom. The first-order valence-corrected chi connectivity index (χ1v) is 4.25. The van der Waals surface area contributed by atoms with E-state index in [4.69, 9.17) is 11.6 Å². The fourth-order valence-corrected chi connectivity index (χ4v) is 1.55. The van der Waals surface area contributed by atoms with Gasteiger partial charge < -0.3 is 0 Å². The molecule has 54 valence electrons. The summed E-state index contributed by atoms with van der Waals surface area (Å²) in [5, 5.41) is 1.46. The number of hydrogen-bond donors (Lipinski definition) is 0. The number of rotatable bonds is 2. The highest BCUT2D eigenvalue weighted by Crippen LogP contribution is 2.13. The molecular weight excluding hydrogens is 168 g/mol. The normalized spacial score (nSPS) is 13.0. The zero-order valence-electron chi connectivity index (χ0n) is 5.50. The van der Waals surface area contributed by atoms with Crippen LogP contribution in [0.1, 0.15) is 16.6 Å². The molecule has 0 fully saturated rings. The number of carbonyl (C=O) groups excluding carboxylic acids is 1. The summed E-state index contributed by atoms with van der Waals surface area (Å²) in [4.78, 5) is 11.8. The van der Waals surface area contributed by atoms with Crippen LogP contribution in [0, 0.1) is 0 Å².